The molecule has 162 valence electrons. The number of hydrogen-bond acceptors (Lipinski definition) is 7. The highest BCUT2D eigenvalue weighted by Crippen LogP contribution is 2.21. The molecule has 0 saturated carbocycles. The smallest absolute Gasteiger partial charge is 0.337 e. The van der Waals surface area contributed by atoms with Crippen molar-refractivity contribution in [2.45, 2.75) is 24.8 Å². The van der Waals surface area contributed by atoms with Crippen molar-refractivity contribution in [1.82, 2.24) is 4.57 Å². The molecule has 0 unspecified atom stereocenters. The second kappa shape index (κ2) is 10.9. The van der Waals surface area contributed by atoms with Crippen molar-refractivity contribution in [3.05, 3.63) is 58.9 Å². The van der Waals surface area contributed by atoms with E-state index in [1.807, 2.05) is 30.3 Å². The largest absolute Gasteiger partial charge is 0.465 e. The minimum absolute atomic E-state index is 0.0731. The molecule has 9 heteroatoms. The van der Waals surface area contributed by atoms with E-state index in [0.29, 0.717) is 21.6 Å². The summed E-state index contributed by atoms with van der Waals surface area (Å²) in [7, 11) is 1.31. The zero-order chi connectivity index (χ0) is 22.2. The normalized spacial score (nSPS) is 11.5. The van der Waals surface area contributed by atoms with Crippen molar-refractivity contribution < 1.29 is 23.9 Å². The monoisotopic (exact) mass is 458 g/mol. The van der Waals surface area contributed by atoms with Gasteiger partial charge in [0.05, 0.1) is 29.5 Å². The second-order valence-electron chi connectivity index (χ2n) is 6.37. The van der Waals surface area contributed by atoms with Crippen LogP contribution in [-0.2, 0) is 25.6 Å². The maximum Gasteiger partial charge on any atom is 0.337 e. The summed E-state index contributed by atoms with van der Waals surface area (Å²) in [4.78, 5) is 42.2. The summed E-state index contributed by atoms with van der Waals surface area (Å²) in [5, 5.41) is 0. The van der Waals surface area contributed by atoms with Crippen LogP contribution >= 0.6 is 23.1 Å². The maximum absolute atomic E-state index is 12.5. The number of aromatic nitrogens is 1. The van der Waals surface area contributed by atoms with Crippen LogP contribution in [0.2, 0.25) is 0 Å². The first kappa shape index (κ1) is 22.8. The van der Waals surface area contributed by atoms with E-state index in [0.717, 1.165) is 9.60 Å². The number of fused-ring (bicyclic) bond motifs is 1. The molecule has 0 atom stereocenters. The van der Waals surface area contributed by atoms with Crippen LogP contribution in [0, 0.1) is 0 Å². The van der Waals surface area contributed by atoms with Gasteiger partial charge in [-0.3, -0.25) is 9.59 Å². The van der Waals surface area contributed by atoms with Gasteiger partial charge in [0.1, 0.15) is 6.54 Å². The van der Waals surface area contributed by atoms with Crippen molar-refractivity contribution in [1.29, 1.82) is 0 Å². The van der Waals surface area contributed by atoms with E-state index >= 15 is 0 Å². The van der Waals surface area contributed by atoms with E-state index in [1.165, 1.54) is 18.4 Å². The molecular weight excluding hydrogens is 436 g/mol. The molecule has 0 bridgehead atoms. The number of ether oxygens (including phenoxy) is 2. The Balaban J connectivity index is 1.87. The molecule has 0 aliphatic heterocycles. The lowest BCUT2D eigenvalue weighted by Crippen LogP contribution is -2.23. The number of rotatable bonds is 8. The van der Waals surface area contributed by atoms with Crippen LogP contribution in [0.5, 0.6) is 0 Å². The van der Waals surface area contributed by atoms with Crippen LogP contribution in [0.15, 0.2) is 58.4 Å². The first-order chi connectivity index (χ1) is 15.0. The molecule has 0 radical (unpaired) electrons. The summed E-state index contributed by atoms with van der Waals surface area (Å²) < 4.78 is 12.2. The molecule has 3 rings (SSSR count). The van der Waals surface area contributed by atoms with E-state index in [9.17, 15) is 14.4 Å². The van der Waals surface area contributed by atoms with E-state index in [1.54, 1.807) is 41.5 Å². The molecule has 2 aromatic carbocycles. The fraction of sp³-hybridized carbons (Fsp3) is 0.273. The zero-order valence-electron chi connectivity index (χ0n) is 17.2. The van der Waals surface area contributed by atoms with E-state index in [2.05, 4.69) is 4.99 Å². The average Bonchev–Trinajstić information content (AvgIpc) is 3.10. The number of methoxy groups -OCH3 is 1. The number of thiazole rings is 1. The van der Waals surface area contributed by atoms with Gasteiger partial charge < -0.3 is 14.0 Å². The molecule has 0 aliphatic carbocycles. The molecule has 0 saturated heterocycles. The molecule has 31 heavy (non-hydrogen) atoms. The molecule has 0 spiro atoms. The van der Waals surface area contributed by atoms with E-state index in [-0.39, 0.29) is 25.5 Å². The fourth-order valence-corrected chi connectivity index (χ4v) is 4.78. The number of amides is 1. The Bertz CT molecular complexity index is 1150. The zero-order valence-corrected chi connectivity index (χ0v) is 18.8. The summed E-state index contributed by atoms with van der Waals surface area (Å²) >= 11 is 2.82. The predicted octanol–water partition coefficient (Wildman–Crippen LogP) is 3.66. The molecule has 0 fully saturated rings. The number of nitrogens with zero attached hydrogens (tertiary/aromatic N) is 2. The summed E-state index contributed by atoms with van der Waals surface area (Å²) in [5.74, 6) is -0.560. The Kier molecular flexibility index (Phi) is 8.02. The van der Waals surface area contributed by atoms with Gasteiger partial charge in [-0.2, -0.15) is 4.99 Å². The average molecular weight is 459 g/mol. The van der Waals surface area contributed by atoms with Gasteiger partial charge in [-0.25, -0.2) is 4.79 Å². The van der Waals surface area contributed by atoms with E-state index in [4.69, 9.17) is 9.47 Å². The summed E-state index contributed by atoms with van der Waals surface area (Å²) in [5.41, 5.74) is 1.08. The van der Waals surface area contributed by atoms with Crippen LogP contribution in [0.1, 0.15) is 23.7 Å². The number of benzene rings is 2. The van der Waals surface area contributed by atoms with Gasteiger partial charge in [0.25, 0.3) is 0 Å². The standard InChI is InChI=1S/C22H22N2O5S2/c1-3-29-20(26)14-24-17-10-9-15(21(27)28-2)13-18(17)31-22(24)23-19(25)11-12-30-16-7-5-4-6-8-16/h4-10,13H,3,11-12,14H2,1-2H3. The van der Waals surface area contributed by atoms with Crippen LogP contribution in [0.4, 0.5) is 0 Å². The van der Waals surface area contributed by atoms with Gasteiger partial charge in [0, 0.05) is 17.1 Å². The lowest BCUT2D eigenvalue weighted by Gasteiger charge is -2.05. The van der Waals surface area contributed by atoms with Gasteiger partial charge in [-0.1, -0.05) is 29.5 Å². The number of carbonyl (C=O) groups is 3. The fourth-order valence-electron chi connectivity index (χ4n) is 2.83. The molecule has 1 aromatic heterocycles. The first-order valence-corrected chi connectivity index (χ1v) is 11.4. The first-order valence-electron chi connectivity index (χ1n) is 9.64. The SMILES string of the molecule is CCOC(=O)Cn1c(=NC(=O)CCSc2ccccc2)sc2cc(C(=O)OC)ccc21. The Morgan fingerprint density at radius 3 is 2.61 bits per heavy atom. The third-order valence-corrected chi connectivity index (χ3v) is 6.30. The molecule has 1 amide bonds. The summed E-state index contributed by atoms with van der Waals surface area (Å²) in [6, 6.07) is 14.8. The maximum atomic E-state index is 12.5. The predicted molar refractivity (Wildman–Crippen MR) is 120 cm³/mol. The highest BCUT2D eigenvalue weighted by Gasteiger charge is 2.15. The van der Waals surface area contributed by atoms with Crippen LogP contribution in [0.3, 0.4) is 0 Å². The van der Waals surface area contributed by atoms with Crippen molar-refractivity contribution in [3.63, 3.8) is 0 Å². The Hall–Kier alpha value is -2.91. The van der Waals surface area contributed by atoms with Gasteiger partial charge in [0.15, 0.2) is 4.80 Å². The quantitative estimate of drug-likeness (QED) is 0.378. The van der Waals surface area contributed by atoms with E-state index < -0.39 is 11.9 Å². The van der Waals surface area contributed by atoms with Crippen LogP contribution in [0.25, 0.3) is 10.2 Å². The second-order valence-corrected chi connectivity index (χ2v) is 8.54. The Labute approximate surface area is 187 Å². The number of carbonyl (C=O) groups excluding carboxylic acids is 3. The topological polar surface area (TPSA) is 87.0 Å². The highest BCUT2D eigenvalue weighted by molar-refractivity contribution is 7.99. The third kappa shape index (κ3) is 6.05. The van der Waals surface area contributed by atoms with Crippen LogP contribution in [-0.4, -0.2) is 41.9 Å². The summed E-state index contributed by atoms with van der Waals surface area (Å²) in [6.45, 7) is 1.92. The Morgan fingerprint density at radius 1 is 1.13 bits per heavy atom. The van der Waals surface area contributed by atoms with Crippen molar-refractivity contribution in [2.75, 3.05) is 19.5 Å². The lowest BCUT2D eigenvalue weighted by atomic mass is 10.2. The number of thioether (sulfide) groups is 1. The lowest BCUT2D eigenvalue weighted by molar-refractivity contribution is -0.143. The van der Waals surface area contributed by atoms with Gasteiger partial charge >= 0.3 is 11.9 Å². The van der Waals surface area contributed by atoms with Gasteiger partial charge in [-0.15, -0.1) is 11.8 Å². The van der Waals surface area contributed by atoms with Gasteiger partial charge in [-0.05, 0) is 37.3 Å². The minimum atomic E-state index is -0.459. The molecule has 3 aromatic rings. The van der Waals surface area contributed by atoms with Crippen molar-refractivity contribution >= 4 is 51.2 Å². The molecule has 7 nitrogen and oxygen atoms in total. The van der Waals surface area contributed by atoms with Crippen molar-refractivity contribution in [2.24, 2.45) is 4.99 Å². The molecule has 1 heterocycles. The Morgan fingerprint density at radius 2 is 1.90 bits per heavy atom. The van der Waals surface area contributed by atoms with Gasteiger partial charge in [0.2, 0.25) is 5.91 Å². The molecule has 0 N–H and O–H groups in total. The minimum Gasteiger partial charge on any atom is -0.465 e. The van der Waals surface area contributed by atoms with Crippen LogP contribution < -0.4 is 4.80 Å². The third-order valence-electron chi connectivity index (χ3n) is 4.24. The highest BCUT2D eigenvalue weighted by atomic mass is 32.2. The molecular formula is C22H22N2O5S2. The number of esters is 2. The summed E-state index contributed by atoms with van der Waals surface area (Å²) in [6.07, 6.45) is 0.265. The molecule has 0 aliphatic rings. The number of hydrogen-bond donors (Lipinski definition) is 0. The van der Waals surface area contributed by atoms with Crippen molar-refractivity contribution in [3.8, 4) is 0 Å².